The SMILES string of the molecule is CCC=CCC#CCC=CCCCCCCCCC(CCCCCCCCC=CCC=CCC=CCC)OCCCN(C)C. The Morgan fingerprint density at radius 3 is 1.48 bits per heavy atom. The molecule has 0 aliphatic heterocycles. The van der Waals surface area contributed by atoms with E-state index in [-0.39, 0.29) is 0 Å². The van der Waals surface area contributed by atoms with Crippen molar-refractivity contribution in [1.82, 2.24) is 4.90 Å². The number of rotatable bonds is 31. The molecule has 0 aromatic heterocycles. The summed E-state index contributed by atoms with van der Waals surface area (Å²) in [6, 6.07) is 0. The molecule has 0 bridgehead atoms. The molecule has 0 aromatic carbocycles. The Labute approximate surface area is 276 Å². The van der Waals surface area contributed by atoms with Gasteiger partial charge in [-0.05, 0) is 91.3 Å². The van der Waals surface area contributed by atoms with Crippen molar-refractivity contribution >= 4 is 0 Å². The van der Waals surface area contributed by atoms with E-state index < -0.39 is 0 Å². The maximum atomic E-state index is 6.38. The summed E-state index contributed by atoms with van der Waals surface area (Å²) >= 11 is 0. The second kappa shape index (κ2) is 37.4. The lowest BCUT2D eigenvalue weighted by atomic mass is 10.0. The Bertz CT molecular complexity index is 775. The Balaban J connectivity index is 3.88. The van der Waals surface area contributed by atoms with Crippen LogP contribution in [0.15, 0.2) is 60.8 Å². The number of ether oxygens (including phenoxy) is 1. The summed E-state index contributed by atoms with van der Waals surface area (Å²) in [6.07, 6.45) is 51.6. The highest BCUT2D eigenvalue weighted by molar-refractivity contribution is 5.08. The molecule has 1 unspecified atom stereocenters. The van der Waals surface area contributed by atoms with Gasteiger partial charge in [-0.1, -0.05) is 151 Å². The van der Waals surface area contributed by atoms with Crippen LogP contribution in [-0.4, -0.2) is 38.3 Å². The van der Waals surface area contributed by atoms with Crippen molar-refractivity contribution in [3.8, 4) is 11.8 Å². The third-order valence-corrected chi connectivity index (χ3v) is 7.81. The van der Waals surface area contributed by atoms with E-state index in [4.69, 9.17) is 4.74 Å². The fraction of sp³-hybridized carbons (Fsp3) is 0.714. The van der Waals surface area contributed by atoms with E-state index >= 15 is 0 Å². The van der Waals surface area contributed by atoms with Crippen molar-refractivity contribution in [1.29, 1.82) is 0 Å². The van der Waals surface area contributed by atoms with E-state index in [9.17, 15) is 0 Å². The molecule has 0 saturated carbocycles. The molecule has 2 heteroatoms. The molecular formula is C42H73NO. The molecule has 0 aliphatic rings. The summed E-state index contributed by atoms with van der Waals surface area (Å²) in [5, 5.41) is 0. The van der Waals surface area contributed by atoms with Crippen LogP contribution in [-0.2, 0) is 4.74 Å². The Morgan fingerprint density at radius 2 is 0.932 bits per heavy atom. The van der Waals surface area contributed by atoms with Crippen molar-refractivity contribution < 1.29 is 4.74 Å². The zero-order chi connectivity index (χ0) is 32.0. The first-order chi connectivity index (χ1) is 21.7. The highest BCUT2D eigenvalue weighted by Gasteiger charge is 2.09. The van der Waals surface area contributed by atoms with Crippen LogP contribution in [0.25, 0.3) is 0 Å². The first kappa shape index (κ1) is 42.2. The van der Waals surface area contributed by atoms with Crippen molar-refractivity contribution in [3.63, 3.8) is 0 Å². The molecule has 0 aromatic rings. The van der Waals surface area contributed by atoms with E-state index in [1.54, 1.807) is 0 Å². The normalized spacial score (nSPS) is 13.0. The van der Waals surface area contributed by atoms with Gasteiger partial charge in [0, 0.05) is 19.4 Å². The first-order valence-corrected chi connectivity index (χ1v) is 18.7. The van der Waals surface area contributed by atoms with E-state index in [0.717, 1.165) is 58.1 Å². The molecule has 0 spiro atoms. The summed E-state index contributed by atoms with van der Waals surface area (Å²) in [5.74, 6) is 6.44. The van der Waals surface area contributed by atoms with Crippen LogP contribution in [0.4, 0.5) is 0 Å². The summed E-state index contributed by atoms with van der Waals surface area (Å²) in [7, 11) is 4.30. The van der Waals surface area contributed by atoms with Crippen molar-refractivity contribution in [2.45, 2.75) is 168 Å². The maximum Gasteiger partial charge on any atom is 0.0575 e. The molecule has 252 valence electrons. The van der Waals surface area contributed by atoms with Gasteiger partial charge >= 0.3 is 0 Å². The molecular weight excluding hydrogens is 534 g/mol. The second-order valence-electron chi connectivity index (χ2n) is 12.5. The molecule has 0 aliphatic carbocycles. The van der Waals surface area contributed by atoms with Crippen LogP contribution in [0, 0.1) is 11.8 Å². The van der Waals surface area contributed by atoms with Gasteiger partial charge in [-0.3, -0.25) is 0 Å². The quantitative estimate of drug-likeness (QED) is 0.0441. The van der Waals surface area contributed by atoms with E-state index in [0.29, 0.717) is 6.10 Å². The van der Waals surface area contributed by atoms with Crippen LogP contribution in [0.1, 0.15) is 162 Å². The minimum atomic E-state index is 0.468. The van der Waals surface area contributed by atoms with Gasteiger partial charge < -0.3 is 9.64 Å². The fourth-order valence-corrected chi connectivity index (χ4v) is 5.16. The Morgan fingerprint density at radius 1 is 0.500 bits per heavy atom. The molecule has 0 saturated heterocycles. The zero-order valence-electron chi connectivity index (χ0n) is 29.9. The van der Waals surface area contributed by atoms with Crippen LogP contribution in [0.2, 0.25) is 0 Å². The standard InChI is InChI=1S/C42H73NO/c1-5-7-9-11-13-15-17-19-21-23-25-27-29-31-33-35-38-42(44-41-37-40-43(3)4)39-36-34-32-30-28-26-24-22-20-18-16-14-12-10-8-6-2/h7-10,13,15,19-22,42H,5-6,11-12,17-18,23-41H2,1-4H3. The molecule has 1 atom stereocenters. The number of unbranched alkanes of at least 4 members (excludes halogenated alkanes) is 12. The fourth-order valence-electron chi connectivity index (χ4n) is 5.16. The van der Waals surface area contributed by atoms with E-state index in [1.165, 1.54) is 103 Å². The van der Waals surface area contributed by atoms with Gasteiger partial charge in [-0.25, -0.2) is 0 Å². The average Bonchev–Trinajstić information content (AvgIpc) is 3.02. The maximum absolute atomic E-state index is 6.38. The number of hydrogen-bond donors (Lipinski definition) is 0. The van der Waals surface area contributed by atoms with E-state index in [1.807, 2.05) is 0 Å². The average molecular weight is 608 g/mol. The van der Waals surface area contributed by atoms with Crippen molar-refractivity contribution in [2.24, 2.45) is 0 Å². The van der Waals surface area contributed by atoms with Crippen molar-refractivity contribution in [2.75, 3.05) is 27.2 Å². The van der Waals surface area contributed by atoms with E-state index in [2.05, 4.69) is 105 Å². The Kier molecular flexibility index (Phi) is 35.8. The molecule has 0 heterocycles. The smallest absolute Gasteiger partial charge is 0.0575 e. The number of nitrogens with zero attached hydrogens (tertiary/aromatic N) is 1. The topological polar surface area (TPSA) is 12.5 Å². The molecule has 0 N–H and O–H groups in total. The van der Waals surface area contributed by atoms with Gasteiger partial charge in [0.15, 0.2) is 0 Å². The van der Waals surface area contributed by atoms with Gasteiger partial charge in [-0.2, -0.15) is 0 Å². The summed E-state index contributed by atoms with van der Waals surface area (Å²) in [4.78, 5) is 2.26. The van der Waals surface area contributed by atoms with Gasteiger partial charge in [0.2, 0.25) is 0 Å². The third-order valence-electron chi connectivity index (χ3n) is 7.81. The third kappa shape index (κ3) is 36.4. The lowest BCUT2D eigenvalue weighted by molar-refractivity contribution is 0.0342. The van der Waals surface area contributed by atoms with Crippen LogP contribution in [0.3, 0.4) is 0 Å². The molecule has 0 amide bonds. The minimum absolute atomic E-state index is 0.468. The molecule has 0 rings (SSSR count). The summed E-state index contributed by atoms with van der Waals surface area (Å²) < 4.78 is 6.38. The number of hydrogen-bond acceptors (Lipinski definition) is 2. The van der Waals surface area contributed by atoms with Crippen LogP contribution >= 0.6 is 0 Å². The number of allylic oxidation sites excluding steroid dienone is 10. The molecule has 2 nitrogen and oxygen atoms in total. The van der Waals surface area contributed by atoms with Gasteiger partial charge in [0.05, 0.1) is 6.10 Å². The largest absolute Gasteiger partial charge is 0.378 e. The van der Waals surface area contributed by atoms with Gasteiger partial charge in [0.1, 0.15) is 0 Å². The van der Waals surface area contributed by atoms with Gasteiger partial charge in [0.25, 0.3) is 0 Å². The molecule has 44 heavy (non-hydrogen) atoms. The molecule has 0 fully saturated rings. The predicted octanol–water partition coefficient (Wildman–Crippen LogP) is 12.7. The first-order valence-electron chi connectivity index (χ1n) is 18.7. The van der Waals surface area contributed by atoms with Crippen LogP contribution in [0.5, 0.6) is 0 Å². The highest BCUT2D eigenvalue weighted by atomic mass is 16.5. The highest BCUT2D eigenvalue weighted by Crippen LogP contribution is 2.17. The predicted molar refractivity (Wildman–Crippen MR) is 199 cm³/mol. The summed E-state index contributed by atoms with van der Waals surface area (Å²) in [6.45, 7) is 6.38. The minimum Gasteiger partial charge on any atom is -0.378 e. The monoisotopic (exact) mass is 608 g/mol. The zero-order valence-corrected chi connectivity index (χ0v) is 29.9. The lowest BCUT2D eigenvalue weighted by Crippen LogP contribution is -2.18. The lowest BCUT2D eigenvalue weighted by Gasteiger charge is -2.19. The Hall–Kier alpha value is -1.82. The summed E-state index contributed by atoms with van der Waals surface area (Å²) in [5.41, 5.74) is 0. The van der Waals surface area contributed by atoms with Gasteiger partial charge in [-0.15, -0.1) is 0 Å². The van der Waals surface area contributed by atoms with Crippen molar-refractivity contribution in [3.05, 3.63) is 60.8 Å². The molecule has 0 radical (unpaired) electrons. The van der Waals surface area contributed by atoms with Crippen LogP contribution < -0.4 is 0 Å². The second-order valence-corrected chi connectivity index (χ2v) is 12.5.